The van der Waals surface area contributed by atoms with E-state index >= 15 is 0 Å². The molecule has 1 unspecified atom stereocenters. The first-order chi connectivity index (χ1) is 15.1. The SMILES string of the molecule is COc1nc(NS(=O)c2c[nH]c3c(-c4ncccn4)c(Cl)ccc23)ncc1OCCF. The third-order valence-corrected chi connectivity index (χ3v) is 5.61. The van der Waals surface area contributed by atoms with Gasteiger partial charge in [0.1, 0.15) is 13.3 Å². The molecule has 4 aromatic rings. The summed E-state index contributed by atoms with van der Waals surface area (Å²) in [5.74, 6) is 0.780. The van der Waals surface area contributed by atoms with E-state index in [1.54, 1.807) is 36.8 Å². The molecule has 0 bridgehead atoms. The fourth-order valence-electron chi connectivity index (χ4n) is 2.88. The Morgan fingerprint density at radius 2 is 2.06 bits per heavy atom. The number of ether oxygens (including phenoxy) is 2. The minimum absolute atomic E-state index is 0.0534. The molecule has 160 valence electrons. The van der Waals surface area contributed by atoms with Gasteiger partial charge in [0.05, 0.1) is 34.3 Å². The Bertz CT molecular complexity index is 1240. The molecule has 2 N–H and O–H groups in total. The lowest BCUT2D eigenvalue weighted by Crippen LogP contribution is -2.09. The van der Waals surface area contributed by atoms with Crippen molar-refractivity contribution in [1.82, 2.24) is 24.9 Å². The average molecular weight is 463 g/mol. The number of hydrogen-bond acceptors (Lipinski definition) is 7. The Kier molecular flexibility index (Phi) is 6.23. The number of aromatic nitrogens is 5. The number of aromatic amines is 1. The number of alkyl halides is 1. The molecule has 0 spiro atoms. The highest BCUT2D eigenvalue weighted by molar-refractivity contribution is 7.86. The molecule has 9 nitrogen and oxygen atoms in total. The van der Waals surface area contributed by atoms with E-state index in [2.05, 4.69) is 29.6 Å². The first-order valence-electron chi connectivity index (χ1n) is 8.97. The first kappa shape index (κ1) is 20.9. The second kappa shape index (κ2) is 9.23. The van der Waals surface area contributed by atoms with Crippen LogP contribution in [0.3, 0.4) is 0 Å². The number of rotatable bonds is 8. The summed E-state index contributed by atoms with van der Waals surface area (Å²) in [6.45, 7) is -0.808. The van der Waals surface area contributed by atoms with Gasteiger partial charge >= 0.3 is 0 Å². The Morgan fingerprint density at radius 1 is 1.26 bits per heavy atom. The van der Waals surface area contributed by atoms with Gasteiger partial charge in [0, 0.05) is 24.0 Å². The minimum atomic E-state index is -1.72. The second-order valence-corrected chi connectivity index (χ2v) is 7.63. The van der Waals surface area contributed by atoms with Crippen LogP contribution in [0.2, 0.25) is 5.02 Å². The van der Waals surface area contributed by atoms with Crippen LogP contribution < -0.4 is 14.2 Å². The fourth-order valence-corrected chi connectivity index (χ4v) is 4.04. The zero-order valence-corrected chi connectivity index (χ0v) is 17.7. The van der Waals surface area contributed by atoms with Crippen molar-refractivity contribution in [2.24, 2.45) is 0 Å². The molecule has 1 atom stereocenters. The lowest BCUT2D eigenvalue weighted by Gasteiger charge is -2.10. The Hall–Kier alpha value is -3.31. The molecule has 0 aliphatic rings. The number of nitrogens with zero attached hydrogens (tertiary/aromatic N) is 4. The molecular weight excluding hydrogens is 447 g/mol. The van der Waals surface area contributed by atoms with Crippen LogP contribution in [0.15, 0.2) is 47.9 Å². The summed E-state index contributed by atoms with van der Waals surface area (Å²) in [4.78, 5) is 20.2. The van der Waals surface area contributed by atoms with Gasteiger partial charge in [-0.25, -0.2) is 23.6 Å². The lowest BCUT2D eigenvalue weighted by atomic mass is 10.1. The van der Waals surface area contributed by atoms with Crippen molar-refractivity contribution >= 4 is 39.4 Å². The predicted molar refractivity (Wildman–Crippen MR) is 114 cm³/mol. The van der Waals surface area contributed by atoms with Crippen LogP contribution in [0.1, 0.15) is 0 Å². The maximum atomic E-state index is 13.0. The molecule has 12 heteroatoms. The Balaban J connectivity index is 1.65. The van der Waals surface area contributed by atoms with Crippen LogP contribution in [0.5, 0.6) is 11.6 Å². The van der Waals surface area contributed by atoms with E-state index in [0.717, 1.165) is 0 Å². The highest BCUT2D eigenvalue weighted by Crippen LogP contribution is 2.35. The van der Waals surface area contributed by atoms with Crippen LogP contribution in [0, 0.1) is 0 Å². The molecule has 0 aliphatic heterocycles. The maximum absolute atomic E-state index is 13.0. The van der Waals surface area contributed by atoms with Crippen LogP contribution >= 0.6 is 11.6 Å². The van der Waals surface area contributed by atoms with Crippen molar-refractivity contribution < 1.29 is 18.1 Å². The summed E-state index contributed by atoms with van der Waals surface area (Å²) in [5.41, 5.74) is 1.26. The first-order valence-corrected chi connectivity index (χ1v) is 10.5. The van der Waals surface area contributed by atoms with Gasteiger partial charge in [0.25, 0.3) is 5.88 Å². The summed E-state index contributed by atoms with van der Waals surface area (Å²) < 4.78 is 38.4. The van der Waals surface area contributed by atoms with E-state index in [9.17, 15) is 8.60 Å². The number of hydrogen-bond donors (Lipinski definition) is 2. The van der Waals surface area contributed by atoms with Crippen molar-refractivity contribution in [3.63, 3.8) is 0 Å². The van der Waals surface area contributed by atoms with Crippen LogP contribution in [0.4, 0.5) is 10.3 Å². The molecule has 3 heterocycles. The summed E-state index contributed by atoms with van der Waals surface area (Å²) in [6.07, 6.45) is 6.16. The Labute approximate surface area is 183 Å². The van der Waals surface area contributed by atoms with Crippen LogP contribution in [-0.4, -0.2) is 49.5 Å². The van der Waals surface area contributed by atoms with E-state index in [4.69, 9.17) is 21.1 Å². The number of benzene rings is 1. The summed E-state index contributed by atoms with van der Waals surface area (Å²) in [7, 11) is -0.327. The number of fused-ring (bicyclic) bond motifs is 1. The van der Waals surface area contributed by atoms with Gasteiger partial charge in [-0.15, -0.1) is 0 Å². The summed E-state index contributed by atoms with van der Waals surface area (Å²) >= 11 is 6.38. The predicted octanol–water partition coefficient (Wildman–Crippen LogP) is 3.56. The van der Waals surface area contributed by atoms with Gasteiger partial charge in [-0.1, -0.05) is 17.7 Å². The van der Waals surface area contributed by atoms with Crippen LogP contribution in [0.25, 0.3) is 22.3 Å². The quantitative estimate of drug-likeness (QED) is 0.411. The smallest absolute Gasteiger partial charge is 0.261 e. The van der Waals surface area contributed by atoms with Gasteiger partial charge < -0.3 is 14.5 Å². The molecule has 4 rings (SSSR count). The highest BCUT2D eigenvalue weighted by Gasteiger charge is 2.19. The zero-order valence-electron chi connectivity index (χ0n) is 16.1. The van der Waals surface area contributed by atoms with E-state index in [-0.39, 0.29) is 24.2 Å². The number of halogens is 2. The Morgan fingerprint density at radius 3 is 2.81 bits per heavy atom. The lowest BCUT2D eigenvalue weighted by molar-refractivity contribution is 0.256. The number of methoxy groups -OCH3 is 1. The molecular formula is C19H16ClFN6O3S. The molecule has 0 amide bonds. The molecule has 0 saturated heterocycles. The van der Waals surface area contributed by atoms with Crippen molar-refractivity contribution in [3.8, 4) is 23.0 Å². The molecule has 1 aromatic carbocycles. The zero-order chi connectivity index (χ0) is 21.8. The third kappa shape index (κ3) is 4.28. The largest absolute Gasteiger partial charge is 0.484 e. The molecule has 0 saturated carbocycles. The number of anilines is 1. The number of H-pyrrole nitrogens is 1. The van der Waals surface area contributed by atoms with Crippen LogP contribution in [-0.2, 0) is 11.0 Å². The fraction of sp³-hybridized carbons (Fsp3) is 0.158. The molecule has 31 heavy (non-hydrogen) atoms. The number of nitrogens with one attached hydrogen (secondary N) is 2. The van der Waals surface area contributed by atoms with Gasteiger partial charge in [0.2, 0.25) is 5.95 Å². The summed E-state index contributed by atoms with van der Waals surface area (Å²) in [6, 6.07) is 5.16. The maximum Gasteiger partial charge on any atom is 0.261 e. The average Bonchev–Trinajstić information content (AvgIpc) is 3.22. The molecule has 0 aliphatic carbocycles. The third-order valence-electron chi connectivity index (χ3n) is 4.19. The van der Waals surface area contributed by atoms with Crippen molar-refractivity contribution in [3.05, 3.63) is 48.0 Å². The summed E-state index contributed by atoms with van der Waals surface area (Å²) in [5, 5.41) is 1.13. The normalized spacial score (nSPS) is 12.0. The highest BCUT2D eigenvalue weighted by atomic mass is 35.5. The van der Waals surface area contributed by atoms with Gasteiger partial charge in [-0.3, -0.25) is 4.72 Å². The van der Waals surface area contributed by atoms with Crippen molar-refractivity contribution in [2.45, 2.75) is 4.90 Å². The topological polar surface area (TPSA) is 115 Å². The van der Waals surface area contributed by atoms with Crippen molar-refractivity contribution in [2.75, 3.05) is 25.1 Å². The molecule has 3 aromatic heterocycles. The van der Waals surface area contributed by atoms with Gasteiger partial charge in [0.15, 0.2) is 22.6 Å². The van der Waals surface area contributed by atoms with Crippen molar-refractivity contribution in [1.29, 1.82) is 0 Å². The second-order valence-electron chi connectivity index (χ2n) is 6.05. The monoisotopic (exact) mass is 462 g/mol. The standard InChI is InChI=1S/C19H16ClFN6O3S/c1-29-18-13(30-8-5-21)9-25-19(26-18)27-31(28)14-10-24-16-11(14)3-4-12(20)15(16)17-22-6-2-7-23-17/h2-4,6-7,9-10,24H,5,8H2,1H3,(H,25,26,27). The van der Waals surface area contributed by atoms with E-state index in [1.165, 1.54) is 13.3 Å². The molecule has 0 radical (unpaired) electrons. The van der Waals surface area contributed by atoms with E-state index < -0.39 is 17.7 Å². The van der Waals surface area contributed by atoms with E-state index in [1.807, 2.05) is 0 Å². The van der Waals surface area contributed by atoms with Gasteiger partial charge in [-0.2, -0.15) is 4.98 Å². The molecule has 0 fully saturated rings. The van der Waals surface area contributed by atoms with E-state index in [0.29, 0.717) is 32.2 Å². The minimum Gasteiger partial charge on any atom is -0.484 e. The van der Waals surface area contributed by atoms with Gasteiger partial charge in [-0.05, 0) is 12.1 Å².